The normalized spacial score (nSPS) is 10.7. The van der Waals surface area contributed by atoms with Crippen molar-refractivity contribution in [3.63, 3.8) is 0 Å². The van der Waals surface area contributed by atoms with Gasteiger partial charge in [-0.1, -0.05) is 30.3 Å². The zero-order valence-electron chi connectivity index (χ0n) is 15.6. The van der Waals surface area contributed by atoms with E-state index in [1.165, 1.54) is 4.68 Å². The lowest BCUT2D eigenvalue weighted by Gasteiger charge is -2.12. The maximum Gasteiger partial charge on any atom is 0.274 e. The monoisotopic (exact) mass is 385 g/mol. The highest BCUT2D eigenvalue weighted by Gasteiger charge is 2.16. The number of aromatic nitrogens is 3. The summed E-state index contributed by atoms with van der Waals surface area (Å²) in [7, 11) is 1.66. The molecule has 0 bridgehead atoms. The minimum Gasteiger partial charge on any atom is -0.373 e. The van der Waals surface area contributed by atoms with Crippen LogP contribution in [0.15, 0.2) is 65.5 Å². The van der Waals surface area contributed by atoms with E-state index in [0.717, 1.165) is 5.56 Å². The summed E-state index contributed by atoms with van der Waals surface area (Å²) in [6.45, 7) is 0.200. The molecule has 0 aliphatic carbocycles. The second-order valence-electron chi connectivity index (χ2n) is 6.45. The number of pyridine rings is 1. The molecule has 0 spiro atoms. The highest BCUT2D eigenvalue weighted by molar-refractivity contribution is 5.93. The lowest BCUT2D eigenvalue weighted by Crippen LogP contribution is -2.24. The molecule has 6 nitrogen and oxygen atoms in total. The Morgan fingerprint density at radius 2 is 1.79 bits per heavy atom. The van der Waals surface area contributed by atoms with Crippen molar-refractivity contribution in [1.82, 2.24) is 14.8 Å². The van der Waals surface area contributed by atoms with Crippen LogP contribution in [0.25, 0.3) is 22.0 Å². The summed E-state index contributed by atoms with van der Waals surface area (Å²) < 4.78 is 16.0. The van der Waals surface area contributed by atoms with E-state index in [9.17, 15) is 9.18 Å². The van der Waals surface area contributed by atoms with Crippen molar-refractivity contribution >= 4 is 16.6 Å². The number of benzene rings is 2. The largest absolute Gasteiger partial charge is 0.373 e. The summed E-state index contributed by atoms with van der Waals surface area (Å²) in [4.78, 5) is 16.8. The van der Waals surface area contributed by atoms with Gasteiger partial charge in [0.05, 0.1) is 29.1 Å². The first-order valence-electron chi connectivity index (χ1n) is 8.94. The van der Waals surface area contributed by atoms with Crippen LogP contribution in [0, 0.1) is 17.3 Å². The second-order valence-corrected chi connectivity index (χ2v) is 6.45. The zero-order valence-corrected chi connectivity index (χ0v) is 15.6. The fraction of sp³-hybridized carbons (Fsp3) is 0.0909. The average molecular weight is 385 g/mol. The van der Waals surface area contributed by atoms with Crippen LogP contribution in [0.4, 0.5) is 10.2 Å². The number of fused-ring (bicyclic) bond motifs is 1. The molecule has 2 aromatic carbocycles. The van der Waals surface area contributed by atoms with E-state index in [0.29, 0.717) is 27.8 Å². The Bertz CT molecular complexity index is 1310. The van der Waals surface area contributed by atoms with Crippen LogP contribution in [0.1, 0.15) is 11.1 Å². The summed E-state index contributed by atoms with van der Waals surface area (Å²) in [5, 5.41) is 17.2. The Kier molecular flexibility index (Phi) is 4.75. The maximum atomic E-state index is 14.7. The van der Waals surface area contributed by atoms with Gasteiger partial charge in [0.15, 0.2) is 0 Å². The lowest BCUT2D eigenvalue weighted by atomic mass is 10.1. The first kappa shape index (κ1) is 18.3. The zero-order chi connectivity index (χ0) is 20.4. The molecule has 142 valence electrons. The average Bonchev–Trinajstić information content (AvgIpc) is 2.76. The van der Waals surface area contributed by atoms with E-state index in [1.807, 2.05) is 0 Å². The molecule has 0 radical (unpaired) electrons. The molecule has 0 aliphatic heterocycles. The molecular formula is C22H16FN5O. The highest BCUT2D eigenvalue weighted by atomic mass is 19.1. The van der Waals surface area contributed by atoms with E-state index in [2.05, 4.69) is 21.5 Å². The molecule has 29 heavy (non-hydrogen) atoms. The molecule has 0 saturated carbocycles. The van der Waals surface area contributed by atoms with Crippen molar-refractivity contribution in [2.75, 3.05) is 12.4 Å². The molecule has 0 fully saturated rings. The third kappa shape index (κ3) is 3.44. The van der Waals surface area contributed by atoms with Crippen LogP contribution in [-0.4, -0.2) is 21.8 Å². The topological polar surface area (TPSA) is 83.6 Å². The van der Waals surface area contributed by atoms with Gasteiger partial charge in [-0.15, -0.1) is 0 Å². The number of nitrogens with one attached hydrogen (secondary N) is 1. The number of halogens is 1. The van der Waals surface area contributed by atoms with E-state index in [1.54, 1.807) is 67.7 Å². The van der Waals surface area contributed by atoms with Crippen LogP contribution >= 0.6 is 0 Å². The summed E-state index contributed by atoms with van der Waals surface area (Å²) in [6.07, 6.45) is 0. The fourth-order valence-electron chi connectivity index (χ4n) is 3.15. The van der Waals surface area contributed by atoms with Crippen molar-refractivity contribution in [2.24, 2.45) is 0 Å². The molecule has 7 heteroatoms. The minimum atomic E-state index is -0.668. The third-order valence-corrected chi connectivity index (χ3v) is 4.64. The van der Waals surface area contributed by atoms with E-state index in [-0.39, 0.29) is 17.7 Å². The standard InChI is InChI=1S/C22H16FN5O/c1-25-19-11-10-18(21(23)26-19)20-16-4-2-3-5-17(16)22(29)28(27-20)13-15-8-6-14(12-24)7-9-15/h2-11H,13H2,1H3,(H,25,26). The predicted molar refractivity (Wildman–Crippen MR) is 109 cm³/mol. The lowest BCUT2D eigenvalue weighted by molar-refractivity contribution is 0.586. The fourth-order valence-corrected chi connectivity index (χ4v) is 3.15. The van der Waals surface area contributed by atoms with Crippen LogP contribution < -0.4 is 10.9 Å². The Hall–Kier alpha value is -4.05. The molecule has 0 atom stereocenters. The quantitative estimate of drug-likeness (QED) is 0.543. The Morgan fingerprint density at radius 1 is 1.07 bits per heavy atom. The van der Waals surface area contributed by atoms with Gasteiger partial charge in [-0.05, 0) is 35.9 Å². The predicted octanol–water partition coefficient (Wildman–Crippen LogP) is 3.56. The molecule has 4 aromatic rings. The first-order chi connectivity index (χ1) is 14.1. The van der Waals surface area contributed by atoms with Crippen molar-refractivity contribution < 1.29 is 4.39 Å². The van der Waals surface area contributed by atoms with Gasteiger partial charge in [0.1, 0.15) is 11.5 Å². The maximum absolute atomic E-state index is 14.7. The number of anilines is 1. The molecule has 4 rings (SSSR count). The van der Waals surface area contributed by atoms with Crippen molar-refractivity contribution in [3.8, 4) is 17.3 Å². The number of rotatable bonds is 4. The van der Waals surface area contributed by atoms with Gasteiger partial charge in [0.2, 0.25) is 5.95 Å². The highest BCUT2D eigenvalue weighted by Crippen LogP contribution is 2.27. The van der Waals surface area contributed by atoms with Crippen LogP contribution in [0.5, 0.6) is 0 Å². The summed E-state index contributed by atoms with van der Waals surface area (Å²) in [6, 6.07) is 19.2. The SMILES string of the molecule is CNc1ccc(-c2nn(Cc3ccc(C#N)cc3)c(=O)c3ccccc23)c(F)n1. The van der Waals surface area contributed by atoms with Crippen LogP contribution in [0.3, 0.4) is 0 Å². The van der Waals surface area contributed by atoms with Gasteiger partial charge in [0.25, 0.3) is 5.56 Å². The molecule has 2 heterocycles. The van der Waals surface area contributed by atoms with E-state index in [4.69, 9.17) is 5.26 Å². The molecule has 0 aliphatic rings. The summed E-state index contributed by atoms with van der Waals surface area (Å²) in [5.74, 6) is -0.264. The second kappa shape index (κ2) is 7.52. The first-order valence-corrected chi connectivity index (χ1v) is 8.94. The van der Waals surface area contributed by atoms with Crippen molar-refractivity contribution in [1.29, 1.82) is 5.26 Å². The molecule has 0 unspecified atom stereocenters. The van der Waals surface area contributed by atoms with Gasteiger partial charge in [0, 0.05) is 12.4 Å². The molecule has 1 N–H and O–H groups in total. The molecule has 2 aromatic heterocycles. The van der Waals surface area contributed by atoms with Crippen molar-refractivity contribution in [2.45, 2.75) is 6.54 Å². The number of nitriles is 1. The minimum absolute atomic E-state index is 0.200. The van der Waals surface area contributed by atoms with Crippen LogP contribution in [0.2, 0.25) is 0 Å². The smallest absolute Gasteiger partial charge is 0.274 e. The molecule has 0 saturated heterocycles. The Morgan fingerprint density at radius 3 is 2.45 bits per heavy atom. The Balaban J connectivity index is 1.89. The number of hydrogen-bond donors (Lipinski definition) is 1. The number of hydrogen-bond acceptors (Lipinski definition) is 5. The van der Waals surface area contributed by atoms with Gasteiger partial charge in [-0.2, -0.15) is 14.8 Å². The van der Waals surface area contributed by atoms with E-state index >= 15 is 0 Å². The number of nitrogens with zero attached hydrogens (tertiary/aromatic N) is 4. The van der Waals surface area contributed by atoms with Gasteiger partial charge in [-0.25, -0.2) is 9.67 Å². The van der Waals surface area contributed by atoms with Gasteiger partial charge >= 0.3 is 0 Å². The van der Waals surface area contributed by atoms with Gasteiger partial charge in [-0.3, -0.25) is 4.79 Å². The summed E-state index contributed by atoms with van der Waals surface area (Å²) >= 11 is 0. The third-order valence-electron chi connectivity index (χ3n) is 4.64. The molecule has 0 amide bonds. The van der Waals surface area contributed by atoms with Gasteiger partial charge < -0.3 is 5.32 Å². The van der Waals surface area contributed by atoms with E-state index < -0.39 is 5.95 Å². The van der Waals surface area contributed by atoms with Crippen molar-refractivity contribution in [3.05, 3.63) is 88.1 Å². The van der Waals surface area contributed by atoms with Crippen LogP contribution in [-0.2, 0) is 6.54 Å². The summed E-state index contributed by atoms with van der Waals surface area (Å²) in [5.41, 5.74) is 1.64. The molecular weight excluding hydrogens is 369 g/mol. The Labute approximate surface area is 165 Å².